The predicted molar refractivity (Wildman–Crippen MR) is 73.4 cm³/mol. The standard InChI is InChI=1S/C13H21N3O5/c1-8(2)16(7-3-4-11(18)19)13(21)14-9-5-6-10(17)15-12(9)20/h8-9H,3-7H2,1-2H3,(H,14,21)(H,18,19)(H,15,17,20). The van der Waals surface area contributed by atoms with Gasteiger partial charge in [0, 0.05) is 25.4 Å². The molecule has 118 valence electrons. The van der Waals surface area contributed by atoms with Gasteiger partial charge in [-0.05, 0) is 26.7 Å². The maximum absolute atomic E-state index is 12.2. The number of hydrogen-bond donors (Lipinski definition) is 3. The molecule has 0 spiro atoms. The number of amides is 4. The van der Waals surface area contributed by atoms with Crippen molar-refractivity contribution in [3.05, 3.63) is 0 Å². The van der Waals surface area contributed by atoms with Gasteiger partial charge in [-0.3, -0.25) is 19.7 Å². The second kappa shape index (κ2) is 7.61. The van der Waals surface area contributed by atoms with Crippen LogP contribution in [-0.4, -0.2) is 52.4 Å². The molecule has 3 N–H and O–H groups in total. The van der Waals surface area contributed by atoms with Crippen LogP contribution >= 0.6 is 0 Å². The molecule has 1 heterocycles. The minimum atomic E-state index is -0.913. The zero-order chi connectivity index (χ0) is 16.0. The Morgan fingerprint density at radius 2 is 2.10 bits per heavy atom. The van der Waals surface area contributed by atoms with E-state index in [9.17, 15) is 19.2 Å². The Labute approximate surface area is 122 Å². The summed E-state index contributed by atoms with van der Waals surface area (Å²) in [5, 5.41) is 13.4. The Morgan fingerprint density at radius 3 is 2.62 bits per heavy atom. The molecular weight excluding hydrogens is 278 g/mol. The second-order valence-corrected chi connectivity index (χ2v) is 5.24. The van der Waals surface area contributed by atoms with Crippen LogP contribution in [0.5, 0.6) is 0 Å². The fraction of sp³-hybridized carbons (Fsp3) is 0.692. The minimum absolute atomic E-state index is 0.0189. The summed E-state index contributed by atoms with van der Waals surface area (Å²) >= 11 is 0. The first-order valence-electron chi connectivity index (χ1n) is 6.94. The molecule has 1 aliphatic rings. The smallest absolute Gasteiger partial charge is 0.318 e. The molecule has 21 heavy (non-hydrogen) atoms. The molecular formula is C13H21N3O5. The number of hydrogen-bond acceptors (Lipinski definition) is 4. The first-order chi connectivity index (χ1) is 9.81. The van der Waals surface area contributed by atoms with E-state index in [0.29, 0.717) is 13.0 Å². The third-order valence-electron chi connectivity index (χ3n) is 3.21. The quantitative estimate of drug-likeness (QED) is 0.600. The Hall–Kier alpha value is -2.12. The Bertz CT molecular complexity index is 436. The molecule has 1 atom stereocenters. The molecule has 4 amide bonds. The topological polar surface area (TPSA) is 116 Å². The van der Waals surface area contributed by atoms with Crippen LogP contribution in [0.4, 0.5) is 4.79 Å². The second-order valence-electron chi connectivity index (χ2n) is 5.24. The van der Waals surface area contributed by atoms with Crippen molar-refractivity contribution in [3.63, 3.8) is 0 Å². The molecule has 0 saturated carbocycles. The highest BCUT2D eigenvalue weighted by Crippen LogP contribution is 2.07. The summed E-state index contributed by atoms with van der Waals surface area (Å²) in [6, 6.07) is -1.27. The first-order valence-corrected chi connectivity index (χ1v) is 6.94. The number of carboxylic acids is 1. The van der Waals surface area contributed by atoms with Crippen molar-refractivity contribution in [1.82, 2.24) is 15.5 Å². The van der Waals surface area contributed by atoms with Crippen molar-refractivity contribution in [2.75, 3.05) is 6.54 Å². The van der Waals surface area contributed by atoms with Crippen LogP contribution in [0.25, 0.3) is 0 Å². The lowest BCUT2D eigenvalue weighted by atomic mass is 10.1. The number of nitrogens with zero attached hydrogens (tertiary/aromatic N) is 1. The maximum Gasteiger partial charge on any atom is 0.318 e. The van der Waals surface area contributed by atoms with E-state index in [1.165, 1.54) is 4.90 Å². The van der Waals surface area contributed by atoms with Gasteiger partial charge in [0.15, 0.2) is 0 Å². The summed E-state index contributed by atoms with van der Waals surface area (Å²) in [5.41, 5.74) is 0. The van der Waals surface area contributed by atoms with Crippen LogP contribution in [-0.2, 0) is 14.4 Å². The van der Waals surface area contributed by atoms with Gasteiger partial charge >= 0.3 is 12.0 Å². The molecule has 1 fully saturated rings. The average Bonchev–Trinajstić information content (AvgIpc) is 2.37. The largest absolute Gasteiger partial charge is 0.481 e. The van der Waals surface area contributed by atoms with Gasteiger partial charge in [0.1, 0.15) is 6.04 Å². The van der Waals surface area contributed by atoms with Gasteiger partial charge in [0.05, 0.1) is 0 Å². The lowest BCUT2D eigenvalue weighted by Crippen LogP contribution is -2.56. The van der Waals surface area contributed by atoms with E-state index in [2.05, 4.69) is 10.6 Å². The van der Waals surface area contributed by atoms with Crippen LogP contribution in [0.3, 0.4) is 0 Å². The lowest BCUT2D eigenvalue weighted by Gasteiger charge is -2.30. The van der Waals surface area contributed by atoms with E-state index in [1.807, 2.05) is 13.8 Å². The van der Waals surface area contributed by atoms with Crippen LogP contribution < -0.4 is 10.6 Å². The lowest BCUT2D eigenvalue weighted by molar-refractivity contribution is -0.137. The number of aliphatic carboxylic acids is 1. The van der Waals surface area contributed by atoms with Crippen molar-refractivity contribution in [1.29, 1.82) is 0 Å². The van der Waals surface area contributed by atoms with Gasteiger partial charge in [0.2, 0.25) is 11.8 Å². The highest BCUT2D eigenvalue weighted by atomic mass is 16.4. The van der Waals surface area contributed by atoms with Crippen LogP contribution in [0, 0.1) is 0 Å². The van der Waals surface area contributed by atoms with E-state index < -0.39 is 23.9 Å². The zero-order valence-electron chi connectivity index (χ0n) is 12.2. The van der Waals surface area contributed by atoms with Crippen molar-refractivity contribution in [2.24, 2.45) is 0 Å². The highest BCUT2D eigenvalue weighted by Gasteiger charge is 2.29. The van der Waals surface area contributed by atoms with Gasteiger partial charge < -0.3 is 15.3 Å². The molecule has 0 aromatic carbocycles. The van der Waals surface area contributed by atoms with E-state index in [1.54, 1.807) is 0 Å². The third kappa shape index (κ3) is 5.41. The summed E-state index contributed by atoms with van der Waals surface area (Å²) in [6.45, 7) is 3.92. The number of rotatable bonds is 6. The Morgan fingerprint density at radius 1 is 1.43 bits per heavy atom. The van der Waals surface area contributed by atoms with Crippen LogP contribution in [0.1, 0.15) is 39.5 Å². The number of piperidine rings is 1. The molecule has 1 aliphatic heterocycles. The first kappa shape index (κ1) is 16.9. The fourth-order valence-corrected chi connectivity index (χ4v) is 2.06. The normalized spacial score (nSPS) is 18.3. The zero-order valence-corrected chi connectivity index (χ0v) is 12.2. The van der Waals surface area contributed by atoms with E-state index >= 15 is 0 Å². The summed E-state index contributed by atoms with van der Waals surface area (Å²) < 4.78 is 0. The van der Waals surface area contributed by atoms with Crippen molar-refractivity contribution in [2.45, 2.75) is 51.6 Å². The molecule has 8 heteroatoms. The Balaban J connectivity index is 2.54. The molecule has 8 nitrogen and oxygen atoms in total. The summed E-state index contributed by atoms with van der Waals surface area (Å²) in [4.78, 5) is 46.8. The molecule has 1 saturated heterocycles. The monoisotopic (exact) mass is 299 g/mol. The molecule has 1 unspecified atom stereocenters. The summed E-state index contributed by atoms with van der Waals surface area (Å²) in [7, 11) is 0. The number of imide groups is 1. The number of nitrogens with one attached hydrogen (secondary N) is 2. The van der Waals surface area contributed by atoms with Gasteiger partial charge in [-0.2, -0.15) is 0 Å². The molecule has 0 radical (unpaired) electrons. The predicted octanol–water partition coefficient (Wildman–Crippen LogP) is 0.0764. The molecule has 0 bridgehead atoms. The fourth-order valence-electron chi connectivity index (χ4n) is 2.06. The number of urea groups is 1. The average molecular weight is 299 g/mol. The van der Waals surface area contributed by atoms with Crippen molar-refractivity contribution in [3.8, 4) is 0 Å². The maximum atomic E-state index is 12.2. The number of carbonyl (C=O) groups excluding carboxylic acids is 3. The van der Waals surface area contributed by atoms with Crippen molar-refractivity contribution < 1.29 is 24.3 Å². The number of carbonyl (C=O) groups is 4. The number of carboxylic acid groups (broad SMARTS) is 1. The molecule has 0 aliphatic carbocycles. The summed E-state index contributed by atoms with van der Waals surface area (Å²) in [5.74, 6) is -1.76. The van der Waals surface area contributed by atoms with E-state index in [0.717, 1.165) is 0 Å². The SMILES string of the molecule is CC(C)N(CCCC(=O)O)C(=O)NC1CCC(=O)NC1=O. The molecule has 1 rings (SSSR count). The third-order valence-corrected chi connectivity index (χ3v) is 3.21. The highest BCUT2D eigenvalue weighted by molar-refractivity contribution is 6.01. The van der Waals surface area contributed by atoms with Gasteiger partial charge in [0.25, 0.3) is 0 Å². The van der Waals surface area contributed by atoms with Gasteiger partial charge in [-0.25, -0.2) is 4.79 Å². The minimum Gasteiger partial charge on any atom is -0.481 e. The molecule has 0 aromatic heterocycles. The van der Waals surface area contributed by atoms with Gasteiger partial charge in [-0.15, -0.1) is 0 Å². The Kier molecular flexibility index (Phi) is 6.13. The van der Waals surface area contributed by atoms with Crippen molar-refractivity contribution >= 4 is 23.8 Å². The molecule has 0 aromatic rings. The van der Waals surface area contributed by atoms with Crippen LogP contribution in [0.15, 0.2) is 0 Å². The summed E-state index contributed by atoms with van der Waals surface area (Å²) in [6.07, 6.45) is 0.792. The van der Waals surface area contributed by atoms with Crippen LogP contribution in [0.2, 0.25) is 0 Å². The van der Waals surface area contributed by atoms with E-state index in [4.69, 9.17) is 5.11 Å². The van der Waals surface area contributed by atoms with E-state index in [-0.39, 0.29) is 31.2 Å². The van der Waals surface area contributed by atoms with Gasteiger partial charge in [-0.1, -0.05) is 0 Å².